The lowest BCUT2D eigenvalue weighted by atomic mass is 10.0. The molecule has 1 N–H and O–H groups in total. The topological polar surface area (TPSA) is 81.5 Å². The van der Waals surface area contributed by atoms with Crippen molar-refractivity contribution in [2.24, 2.45) is 0 Å². The minimum absolute atomic E-state index is 0.112. The van der Waals surface area contributed by atoms with E-state index in [-0.39, 0.29) is 5.78 Å². The van der Waals surface area contributed by atoms with Gasteiger partial charge in [-0.25, -0.2) is 4.98 Å². The van der Waals surface area contributed by atoms with E-state index in [1.165, 1.54) is 32.7 Å². The number of ketones is 1. The number of rotatable bonds is 5. The molecule has 1 aromatic heterocycles. The number of ether oxygens (including phenoxy) is 3. The molecule has 1 aliphatic heterocycles. The lowest BCUT2D eigenvalue weighted by Gasteiger charge is -2.13. The van der Waals surface area contributed by atoms with E-state index < -0.39 is 5.92 Å². The van der Waals surface area contributed by atoms with Gasteiger partial charge in [0.05, 0.1) is 31.3 Å². The third kappa shape index (κ3) is 3.27. The van der Waals surface area contributed by atoms with Crippen molar-refractivity contribution in [2.75, 3.05) is 21.3 Å². The molecule has 1 atom stereocenters. The molecule has 1 aliphatic rings. The Morgan fingerprint density at radius 3 is 2.36 bits per heavy atom. The molecular weight excluding hydrogens is 360 g/mol. The number of Topliss-reactive ketones (excluding diaryl/α,β-unsaturated/α-hetero) is 1. The SMILES string of the molecule is COc1cc(/C=C2\SC(=N)[C@H](c3nccs3)C2=O)cc(OC)c1OC. The number of benzene rings is 1. The van der Waals surface area contributed by atoms with Crippen LogP contribution in [0.1, 0.15) is 16.5 Å². The van der Waals surface area contributed by atoms with Gasteiger partial charge in [0.1, 0.15) is 10.9 Å². The molecule has 0 radical (unpaired) electrons. The highest BCUT2D eigenvalue weighted by atomic mass is 32.2. The van der Waals surface area contributed by atoms with Gasteiger partial charge in [0.25, 0.3) is 0 Å². The number of carbonyl (C=O) groups is 1. The van der Waals surface area contributed by atoms with Crippen LogP contribution in [0.15, 0.2) is 28.6 Å². The fourth-order valence-electron chi connectivity index (χ4n) is 2.53. The molecule has 0 amide bonds. The molecule has 2 heterocycles. The molecule has 25 heavy (non-hydrogen) atoms. The molecule has 1 aromatic carbocycles. The fourth-order valence-corrected chi connectivity index (χ4v) is 4.33. The quantitative estimate of drug-likeness (QED) is 0.803. The summed E-state index contributed by atoms with van der Waals surface area (Å²) in [7, 11) is 4.62. The van der Waals surface area contributed by atoms with E-state index in [9.17, 15) is 4.79 Å². The number of nitrogens with zero attached hydrogens (tertiary/aromatic N) is 1. The van der Waals surface area contributed by atoms with Crippen LogP contribution in [0.2, 0.25) is 0 Å². The van der Waals surface area contributed by atoms with Gasteiger partial charge in [0, 0.05) is 11.6 Å². The summed E-state index contributed by atoms with van der Waals surface area (Å²) in [4.78, 5) is 17.4. The molecule has 1 saturated heterocycles. The Morgan fingerprint density at radius 2 is 1.84 bits per heavy atom. The summed E-state index contributed by atoms with van der Waals surface area (Å²) < 4.78 is 16.0. The molecular formula is C17H16N2O4S2. The molecule has 0 bridgehead atoms. The molecule has 3 rings (SSSR count). The number of thiazole rings is 1. The van der Waals surface area contributed by atoms with Crippen molar-refractivity contribution < 1.29 is 19.0 Å². The number of hydrogen-bond donors (Lipinski definition) is 1. The Labute approximate surface area is 153 Å². The van der Waals surface area contributed by atoms with E-state index in [1.807, 2.05) is 5.38 Å². The smallest absolute Gasteiger partial charge is 0.203 e. The van der Waals surface area contributed by atoms with Gasteiger partial charge >= 0.3 is 0 Å². The summed E-state index contributed by atoms with van der Waals surface area (Å²) in [6.07, 6.45) is 3.38. The average Bonchev–Trinajstić information content (AvgIpc) is 3.22. The summed E-state index contributed by atoms with van der Waals surface area (Å²) in [5.74, 6) is 0.800. The Kier molecular flexibility index (Phi) is 5.10. The predicted octanol–water partition coefficient (Wildman–Crippen LogP) is 3.59. The number of nitrogens with one attached hydrogen (secondary N) is 1. The second-order valence-corrected chi connectivity index (χ2v) is 7.11. The minimum atomic E-state index is -0.599. The molecule has 8 heteroatoms. The van der Waals surface area contributed by atoms with E-state index in [0.717, 1.165) is 17.3 Å². The van der Waals surface area contributed by atoms with Gasteiger partial charge < -0.3 is 14.2 Å². The van der Waals surface area contributed by atoms with Gasteiger partial charge in [-0.2, -0.15) is 0 Å². The summed E-state index contributed by atoms with van der Waals surface area (Å²) in [6.45, 7) is 0. The number of carbonyl (C=O) groups excluding carboxylic acids is 1. The van der Waals surface area contributed by atoms with Crippen molar-refractivity contribution in [1.82, 2.24) is 4.98 Å². The van der Waals surface area contributed by atoms with E-state index in [0.29, 0.717) is 32.2 Å². The van der Waals surface area contributed by atoms with Crippen LogP contribution < -0.4 is 14.2 Å². The van der Waals surface area contributed by atoms with Gasteiger partial charge in [-0.3, -0.25) is 10.2 Å². The fraction of sp³-hybridized carbons (Fsp3) is 0.235. The molecule has 0 spiro atoms. The van der Waals surface area contributed by atoms with Crippen molar-refractivity contribution in [3.05, 3.63) is 39.2 Å². The second-order valence-electron chi connectivity index (χ2n) is 5.10. The van der Waals surface area contributed by atoms with Crippen molar-refractivity contribution in [3.63, 3.8) is 0 Å². The zero-order valence-corrected chi connectivity index (χ0v) is 15.5. The van der Waals surface area contributed by atoms with Crippen molar-refractivity contribution in [3.8, 4) is 17.2 Å². The number of thioether (sulfide) groups is 1. The average molecular weight is 376 g/mol. The van der Waals surface area contributed by atoms with E-state index in [1.54, 1.807) is 24.4 Å². The predicted molar refractivity (Wildman–Crippen MR) is 99.3 cm³/mol. The first-order chi connectivity index (χ1) is 12.1. The monoisotopic (exact) mass is 376 g/mol. The number of aromatic nitrogens is 1. The molecule has 0 aliphatic carbocycles. The standard InChI is InChI=1S/C17H16N2O4S2/c1-21-10-6-9(7-11(22-2)15(10)23-3)8-12-14(20)13(16(18)25-12)17-19-4-5-24-17/h4-8,13,18H,1-3H3/b12-8-,18-16?/t13-/m1/s1. The maximum Gasteiger partial charge on any atom is 0.203 e. The van der Waals surface area contributed by atoms with Crippen LogP contribution in [0.25, 0.3) is 6.08 Å². The maximum absolute atomic E-state index is 12.7. The summed E-state index contributed by atoms with van der Waals surface area (Å²) in [5, 5.41) is 10.9. The maximum atomic E-state index is 12.7. The highest BCUT2D eigenvalue weighted by Gasteiger charge is 2.38. The number of methoxy groups -OCH3 is 3. The highest BCUT2D eigenvalue weighted by Crippen LogP contribution is 2.43. The van der Waals surface area contributed by atoms with Crippen LogP contribution in [0, 0.1) is 5.41 Å². The largest absolute Gasteiger partial charge is 0.493 e. The molecule has 0 saturated carbocycles. The van der Waals surface area contributed by atoms with Crippen LogP contribution in [0.3, 0.4) is 0 Å². The first-order valence-corrected chi connectivity index (χ1v) is 9.00. The Balaban J connectivity index is 1.98. The molecule has 1 fully saturated rings. The molecule has 2 aromatic rings. The number of hydrogen-bond acceptors (Lipinski definition) is 8. The number of allylic oxidation sites excluding steroid dienone is 1. The lowest BCUT2D eigenvalue weighted by molar-refractivity contribution is -0.114. The molecule has 130 valence electrons. The van der Waals surface area contributed by atoms with Gasteiger partial charge in [-0.1, -0.05) is 11.8 Å². The zero-order chi connectivity index (χ0) is 18.0. The van der Waals surface area contributed by atoms with Crippen LogP contribution in [-0.4, -0.2) is 37.1 Å². The lowest BCUT2D eigenvalue weighted by Crippen LogP contribution is -2.11. The summed E-state index contributed by atoms with van der Waals surface area (Å²) >= 11 is 2.54. The van der Waals surface area contributed by atoms with E-state index in [2.05, 4.69) is 4.98 Å². The highest BCUT2D eigenvalue weighted by molar-refractivity contribution is 8.19. The van der Waals surface area contributed by atoms with E-state index in [4.69, 9.17) is 19.6 Å². The Hall–Kier alpha value is -2.32. The van der Waals surface area contributed by atoms with Crippen LogP contribution >= 0.6 is 23.1 Å². The van der Waals surface area contributed by atoms with Gasteiger partial charge in [0.2, 0.25) is 5.75 Å². The minimum Gasteiger partial charge on any atom is -0.493 e. The third-order valence-electron chi connectivity index (χ3n) is 3.67. The van der Waals surface area contributed by atoms with Gasteiger partial charge in [-0.15, -0.1) is 11.3 Å². The van der Waals surface area contributed by atoms with Gasteiger partial charge in [0.15, 0.2) is 17.3 Å². The third-order valence-corrected chi connectivity index (χ3v) is 5.51. The Bertz CT molecular complexity index is 821. The van der Waals surface area contributed by atoms with Crippen molar-refractivity contribution in [1.29, 1.82) is 5.41 Å². The first-order valence-electron chi connectivity index (χ1n) is 7.30. The van der Waals surface area contributed by atoms with E-state index >= 15 is 0 Å². The second kappa shape index (κ2) is 7.28. The van der Waals surface area contributed by atoms with Crippen molar-refractivity contribution in [2.45, 2.75) is 5.92 Å². The zero-order valence-electron chi connectivity index (χ0n) is 13.9. The van der Waals surface area contributed by atoms with Crippen LogP contribution in [0.4, 0.5) is 0 Å². The summed E-state index contributed by atoms with van der Waals surface area (Å²) in [5.41, 5.74) is 0.734. The molecule has 6 nitrogen and oxygen atoms in total. The van der Waals surface area contributed by atoms with Crippen LogP contribution in [-0.2, 0) is 4.79 Å². The van der Waals surface area contributed by atoms with Gasteiger partial charge in [-0.05, 0) is 23.8 Å². The Morgan fingerprint density at radius 1 is 1.16 bits per heavy atom. The van der Waals surface area contributed by atoms with Crippen LogP contribution in [0.5, 0.6) is 17.2 Å². The normalized spacial score (nSPS) is 18.7. The summed E-state index contributed by atoms with van der Waals surface area (Å²) in [6, 6.07) is 3.53. The molecule has 0 unspecified atom stereocenters. The van der Waals surface area contributed by atoms with Crippen molar-refractivity contribution >= 4 is 40.0 Å². The first kappa shape index (κ1) is 17.5.